The van der Waals surface area contributed by atoms with Gasteiger partial charge in [0.25, 0.3) is 0 Å². The molecule has 2 saturated heterocycles. The van der Waals surface area contributed by atoms with Crippen molar-refractivity contribution < 1.29 is 8.42 Å². The van der Waals surface area contributed by atoms with Crippen molar-refractivity contribution in [2.45, 2.75) is 68.9 Å². The van der Waals surface area contributed by atoms with Crippen LogP contribution in [-0.4, -0.2) is 54.7 Å². The van der Waals surface area contributed by atoms with Gasteiger partial charge in [0.05, 0.1) is 10.1 Å². The summed E-state index contributed by atoms with van der Waals surface area (Å²) in [4.78, 5) is 5.57. The fraction of sp³-hybridized carbons (Fsp3) is 0.667. The van der Waals surface area contributed by atoms with Gasteiger partial charge in [0.15, 0.2) is 9.84 Å². The lowest BCUT2D eigenvalue weighted by Gasteiger charge is -2.36. The summed E-state index contributed by atoms with van der Waals surface area (Å²) in [7, 11) is -3.19. The molecular weight excluding hydrogens is 308 g/mol. The number of hydrogen-bond acceptors (Lipinski definition) is 4. The molecule has 0 aliphatic carbocycles. The van der Waals surface area contributed by atoms with Gasteiger partial charge in [0.1, 0.15) is 0 Å². The number of fused-ring (bicyclic) bond motifs is 2. The first kappa shape index (κ1) is 16.9. The highest BCUT2D eigenvalue weighted by Crippen LogP contribution is 2.33. The van der Waals surface area contributed by atoms with E-state index in [1.54, 1.807) is 19.9 Å². The summed E-state index contributed by atoms with van der Waals surface area (Å²) in [6, 6.07) is 9.41. The molecule has 2 heterocycles. The van der Waals surface area contributed by atoms with E-state index in [1.165, 1.54) is 6.42 Å². The normalized spacial score (nSPS) is 25.8. The van der Waals surface area contributed by atoms with Crippen LogP contribution >= 0.6 is 0 Å². The molecule has 2 bridgehead atoms. The van der Waals surface area contributed by atoms with Crippen molar-refractivity contribution in [3.05, 3.63) is 29.8 Å². The highest BCUT2D eigenvalue weighted by atomic mass is 32.2. The van der Waals surface area contributed by atoms with E-state index in [9.17, 15) is 8.42 Å². The maximum Gasteiger partial charge on any atom is 0.180 e. The molecule has 0 radical (unpaired) electrons. The monoisotopic (exact) mass is 336 g/mol. The molecule has 3 rings (SSSR count). The van der Waals surface area contributed by atoms with Crippen molar-refractivity contribution in [2.24, 2.45) is 0 Å². The standard InChI is InChI=1S/C18H28N2O2S/c1-13(2)20-12-16-9-17(20)11-19(16)10-15-6-5-7-18(8-15)23(21,22)14(3)4/h5-8,13-14,16-17H,9-12H2,1-4H3. The molecule has 5 heteroatoms. The molecule has 2 atom stereocenters. The SMILES string of the molecule is CC(C)N1CC2CC1CN2Cc1cccc(S(=O)(=O)C(C)C)c1. The summed E-state index contributed by atoms with van der Waals surface area (Å²) in [6.07, 6.45) is 1.25. The summed E-state index contributed by atoms with van der Waals surface area (Å²) < 4.78 is 24.7. The average Bonchev–Trinajstić information content (AvgIpc) is 3.07. The molecule has 1 aromatic carbocycles. The van der Waals surface area contributed by atoms with Gasteiger partial charge in [-0.25, -0.2) is 8.42 Å². The van der Waals surface area contributed by atoms with Crippen molar-refractivity contribution in [1.82, 2.24) is 9.80 Å². The molecule has 0 saturated carbocycles. The smallest absolute Gasteiger partial charge is 0.180 e. The molecule has 4 nitrogen and oxygen atoms in total. The first-order chi connectivity index (χ1) is 10.8. The minimum atomic E-state index is -3.19. The first-order valence-corrected chi connectivity index (χ1v) is 10.2. The Labute approximate surface area is 140 Å². The maximum atomic E-state index is 12.3. The van der Waals surface area contributed by atoms with Gasteiger partial charge in [-0.2, -0.15) is 0 Å². The Kier molecular flexibility index (Phi) is 4.55. The molecule has 2 aliphatic rings. The number of piperazine rings is 1. The molecule has 2 fully saturated rings. The zero-order chi connectivity index (χ0) is 16.8. The van der Waals surface area contributed by atoms with Gasteiger partial charge in [-0.05, 0) is 51.8 Å². The zero-order valence-electron chi connectivity index (χ0n) is 14.6. The topological polar surface area (TPSA) is 40.6 Å². The van der Waals surface area contributed by atoms with Crippen molar-refractivity contribution in [2.75, 3.05) is 13.1 Å². The van der Waals surface area contributed by atoms with Gasteiger partial charge in [0, 0.05) is 37.8 Å². The Hall–Kier alpha value is -0.910. The summed E-state index contributed by atoms with van der Waals surface area (Å²) in [5, 5.41) is -0.375. The lowest BCUT2D eigenvalue weighted by molar-refractivity contribution is 0.0998. The first-order valence-electron chi connectivity index (χ1n) is 8.61. The van der Waals surface area contributed by atoms with E-state index in [0.717, 1.165) is 25.2 Å². The third-order valence-corrected chi connectivity index (χ3v) is 7.45. The second kappa shape index (κ2) is 6.19. The summed E-state index contributed by atoms with van der Waals surface area (Å²) in [5.41, 5.74) is 1.11. The van der Waals surface area contributed by atoms with Crippen molar-refractivity contribution >= 4 is 9.84 Å². The fourth-order valence-corrected chi connectivity index (χ4v) is 5.06. The van der Waals surface area contributed by atoms with Crippen LogP contribution < -0.4 is 0 Å². The van der Waals surface area contributed by atoms with Crippen LogP contribution in [0.15, 0.2) is 29.2 Å². The predicted molar refractivity (Wildman–Crippen MR) is 93.2 cm³/mol. The molecular formula is C18H28N2O2S. The number of nitrogens with zero attached hydrogens (tertiary/aromatic N) is 2. The van der Waals surface area contributed by atoms with E-state index < -0.39 is 9.84 Å². The lowest BCUT2D eigenvalue weighted by atomic mass is 10.2. The Balaban J connectivity index is 1.71. The Morgan fingerprint density at radius 3 is 2.43 bits per heavy atom. The minimum Gasteiger partial charge on any atom is -0.295 e. The Morgan fingerprint density at radius 2 is 1.87 bits per heavy atom. The van der Waals surface area contributed by atoms with E-state index >= 15 is 0 Å². The molecule has 2 aliphatic heterocycles. The molecule has 0 aromatic heterocycles. The van der Waals surface area contributed by atoms with Gasteiger partial charge in [0.2, 0.25) is 0 Å². The van der Waals surface area contributed by atoms with E-state index in [2.05, 4.69) is 23.6 Å². The van der Waals surface area contributed by atoms with Crippen LogP contribution in [0.25, 0.3) is 0 Å². The van der Waals surface area contributed by atoms with Gasteiger partial charge in [-0.1, -0.05) is 12.1 Å². The van der Waals surface area contributed by atoms with Crippen LogP contribution in [0.2, 0.25) is 0 Å². The van der Waals surface area contributed by atoms with E-state index in [1.807, 2.05) is 18.2 Å². The Morgan fingerprint density at radius 1 is 1.13 bits per heavy atom. The molecule has 1 aromatic rings. The molecule has 0 N–H and O–H groups in total. The number of rotatable bonds is 5. The number of likely N-dealkylation sites (tertiary alicyclic amines) is 2. The molecule has 0 spiro atoms. The minimum absolute atomic E-state index is 0.375. The lowest BCUT2D eigenvalue weighted by Crippen LogP contribution is -2.48. The highest BCUT2D eigenvalue weighted by Gasteiger charge is 2.43. The maximum absolute atomic E-state index is 12.3. The second-order valence-electron chi connectivity index (χ2n) is 7.50. The largest absolute Gasteiger partial charge is 0.295 e. The molecule has 0 amide bonds. The number of hydrogen-bond donors (Lipinski definition) is 0. The average molecular weight is 337 g/mol. The molecule has 23 heavy (non-hydrogen) atoms. The third kappa shape index (κ3) is 3.19. The van der Waals surface area contributed by atoms with Crippen molar-refractivity contribution in [1.29, 1.82) is 0 Å². The summed E-state index contributed by atoms with van der Waals surface area (Å²) in [5.74, 6) is 0. The van der Waals surface area contributed by atoms with E-state index in [-0.39, 0.29) is 5.25 Å². The summed E-state index contributed by atoms with van der Waals surface area (Å²) >= 11 is 0. The molecule has 128 valence electrons. The van der Waals surface area contributed by atoms with Crippen LogP contribution in [0.5, 0.6) is 0 Å². The van der Waals surface area contributed by atoms with Gasteiger partial charge >= 0.3 is 0 Å². The van der Waals surface area contributed by atoms with Crippen LogP contribution in [0.1, 0.15) is 39.7 Å². The highest BCUT2D eigenvalue weighted by molar-refractivity contribution is 7.92. The number of sulfone groups is 1. The van der Waals surface area contributed by atoms with Crippen molar-refractivity contribution in [3.8, 4) is 0 Å². The zero-order valence-corrected chi connectivity index (χ0v) is 15.4. The third-order valence-electron chi connectivity index (χ3n) is 5.29. The van der Waals surface area contributed by atoms with Crippen LogP contribution in [0, 0.1) is 0 Å². The van der Waals surface area contributed by atoms with Crippen LogP contribution in [0.3, 0.4) is 0 Å². The van der Waals surface area contributed by atoms with Crippen LogP contribution in [-0.2, 0) is 16.4 Å². The van der Waals surface area contributed by atoms with E-state index in [0.29, 0.717) is 23.0 Å². The Bertz CT molecular complexity index is 669. The number of benzene rings is 1. The summed E-state index contributed by atoms with van der Waals surface area (Å²) in [6.45, 7) is 11.1. The quantitative estimate of drug-likeness (QED) is 0.828. The fourth-order valence-electron chi connectivity index (χ4n) is 3.93. The predicted octanol–water partition coefficient (Wildman–Crippen LogP) is 2.54. The molecule has 2 unspecified atom stereocenters. The van der Waals surface area contributed by atoms with Gasteiger partial charge in [-0.3, -0.25) is 9.80 Å². The van der Waals surface area contributed by atoms with Crippen molar-refractivity contribution in [3.63, 3.8) is 0 Å². The van der Waals surface area contributed by atoms with Gasteiger partial charge in [-0.15, -0.1) is 0 Å². The second-order valence-corrected chi connectivity index (χ2v) is 10.0. The van der Waals surface area contributed by atoms with E-state index in [4.69, 9.17) is 0 Å². The van der Waals surface area contributed by atoms with Crippen LogP contribution in [0.4, 0.5) is 0 Å². The van der Waals surface area contributed by atoms with Gasteiger partial charge < -0.3 is 0 Å².